The van der Waals surface area contributed by atoms with Crippen LogP contribution in [0.3, 0.4) is 0 Å². The van der Waals surface area contributed by atoms with Crippen molar-refractivity contribution in [2.24, 2.45) is 17.3 Å². The fraction of sp³-hybridized carbons (Fsp3) is 1.00. The van der Waals surface area contributed by atoms with Crippen LogP contribution in [0.25, 0.3) is 0 Å². The van der Waals surface area contributed by atoms with Gasteiger partial charge >= 0.3 is 0 Å². The van der Waals surface area contributed by atoms with Crippen LogP contribution < -0.4 is 0 Å². The van der Waals surface area contributed by atoms with Crippen molar-refractivity contribution >= 4 is 0 Å². The average molecular weight is 184 g/mol. The summed E-state index contributed by atoms with van der Waals surface area (Å²) >= 11 is 0. The van der Waals surface area contributed by atoms with Gasteiger partial charge in [-0.3, -0.25) is 0 Å². The van der Waals surface area contributed by atoms with Crippen molar-refractivity contribution < 1.29 is 0 Å². The average Bonchev–Trinajstić information content (AvgIpc) is 2.02. The molecular weight excluding hydrogens is 156 g/mol. The van der Waals surface area contributed by atoms with E-state index in [-0.39, 0.29) is 0 Å². The molecule has 0 aliphatic heterocycles. The molecule has 2 atom stereocenters. The first kappa shape index (κ1) is 13.0. The van der Waals surface area contributed by atoms with Crippen LogP contribution in [0.5, 0.6) is 0 Å². The maximum Gasteiger partial charge on any atom is -0.0340 e. The van der Waals surface area contributed by atoms with E-state index in [1.165, 1.54) is 25.7 Å². The molecule has 0 aliphatic rings. The van der Waals surface area contributed by atoms with Crippen LogP contribution in [-0.4, -0.2) is 0 Å². The van der Waals surface area contributed by atoms with Gasteiger partial charge in [-0.1, -0.05) is 60.8 Å². The fourth-order valence-corrected chi connectivity index (χ4v) is 2.28. The minimum atomic E-state index is 0.491. The van der Waals surface area contributed by atoms with Gasteiger partial charge in [0, 0.05) is 0 Å². The highest BCUT2D eigenvalue weighted by Gasteiger charge is 2.27. The zero-order valence-corrected chi connectivity index (χ0v) is 10.5. The molecule has 0 bridgehead atoms. The Morgan fingerprint density at radius 2 is 1.62 bits per heavy atom. The monoisotopic (exact) mass is 184 g/mol. The normalized spacial score (nSPS) is 17.1. The van der Waals surface area contributed by atoms with Gasteiger partial charge in [0.05, 0.1) is 0 Å². The first-order valence-electron chi connectivity index (χ1n) is 5.93. The van der Waals surface area contributed by atoms with Crippen LogP contribution in [0.4, 0.5) is 0 Å². The third kappa shape index (κ3) is 4.69. The van der Waals surface area contributed by atoms with E-state index in [0.29, 0.717) is 5.41 Å². The quantitative estimate of drug-likeness (QED) is 0.571. The Balaban J connectivity index is 4.19. The van der Waals surface area contributed by atoms with Gasteiger partial charge in [0.1, 0.15) is 0 Å². The van der Waals surface area contributed by atoms with Crippen molar-refractivity contribution in [3.63, 3.8) is 0 Å². The number of hydrogen-bond donors (Lipinski definition) is 0. The Hall–Kier alpha value is 0. The Morgan fingerprint density at radius 3 is 1.92 bits per heavy atom. The SMILES string of the molecule is CCCCC(C(C)CC)C(C)(C)C. The lowest BCUT2D eigenvalue weighted by molar-refractivity contribution is 0.149. The van der Waals surface area contributed by atoms with E-state index in [1.54, 1.807) is 0 Å². The van der Waals surface area contributed by atoms with Gasteiger partial charge in [-0.25, -0.2) is 0 Å². The van der Waals surface area contributed by atoms with Gasteiger partial charge in [0.2, 0.25) is 0 Å². The zero-order chi connectivity index (χ0) is 10.5. The Morgan fingerprint density at radius 1 is 1.08 bits per heavy atom. The molecule has 0 radical (unpaired) electrons. The molecule has 0 aromatic rings. The van der Waals surface area contributed by atoms with E-state index in [2.05, 4.69) is 41.5 Å². The van der Waals surface area contributed by atoms with E-state index in [0.717, 1.165) is 11.8 Å². The van der Waals surface area contributed by atoms with Crippen LogP contribution >= 0.6 is 0 Å². The summed E-state index contributed by atoms with van der Waals surface area (Å²) in [7, 11) is 0. The molecule has 0 aliphatic carbocycles. The van der Waals surface area contributed by atoms with Crippen molar-refractivity contribution in [2.45, 2.75) is 67.2 Å². The molecule has 0 N–H and O–H groups in total. The minimum Gasteiger partial charge on any atom is -0.0654 e. The van der Waals surface area contributed by atoms with Gasteiger partial charge < -0.3 is 0 Å². The highest BCUT2D eigenvalue weighted by molar-refractivity contribution is 4.77. The predicted octanol–water partition coefficient (Wildman–Crippen LogP) is 4.89. The lowest BCUT2D eigenvalue weighted by Gasteiger charge is -2.35. The summed E-state index contributed by atoms with van der Waals surface area (Å²) in [6.07, 6.45) is 5.47. The molecule has 0 heteroatoms. The third-order valence-electron chi connectivity index (χ3n) is 3.31. The predicted molar refractivity (Wildman–Crippen MR) is 61.9 cm³/mol. The van der Waals surface area contributed by atoms with Gasteiger partial charge in [-0.05, 0) is 23.7 Å². The fourth-order valence-electron chi connectivity index (χ4n) is 2.28. The highest BCUT2D eigenvalue weighted by Crippen LogP contribution is 2.37. The Labute approximate surface area is 85.1 Å². The third-order valence-corrected chi connectivity index (χ3v) is 3.31. The van der Waals surface area contributed by atoms with Crippen LogP contribution in [0, 0.1) is 17.3 Å². The van der Waals surface area contributed by atoms with E-state index < -0.39 is 0 Å². The van der Waals surface area contributed by atoms with Crippen molar-refractivity contribution in [3.8, 4) is 0 Å². The maximum atomic E-state index is 2.41. The molecule has 0 aromatic heterocycles. The topological polar surface area (TPSA) is 0 Å². The molecule has 0 nitrogen and oxygen atoms in total. The smallest absolute Gasteiger partial charge is 0.0340 e. The second-order valence-electron chi connectivity index (χ2n) is 5.50. The van der Waals surface area contributed by atoms with Gasteiger partial charge in [0.15, 0.2) is 0 Å². The van der Waals surface area contributed by atoms with E-state index in [9.17, 15) is 0 Å². The Bertz CT molecular complexity index is 118. The molecule has 0 spiro atoms. The second kappa shape index (κ2) is 5.67. The second-order valence-corrected chi connectivity index (χ2v) is 5.50. The number of hydrogen-bond acceptors (Lipinski definition) is 0. The van der Waals surface area contributed by atoms with E-state index >= 15 is 0 Å². The van der Waals surface area contributed by atoms with Gasteiger partial charge in [-0.2, -0.15) is 0 Å². The summed E-state index contributed by atoms with van der Waals surface area (Å²) in [6.45, 7) is 14.2. The van der Waals surface area contributed by atoms with Crippen LogP contribution in [-0.2, 0) is 0 Å². The molecule has 0 aromatic carbocycles. The number of rotatable bonds is 5. The highest BCUT2D eigenvalue weighted by atomic mass is 14.3. The molecule has 80 valence electrons. The Kier molecular flexibility index (Phi) is 5.67. The molecule has 2 unspecified atom stereocenters. The van der Waals surface area contributed by atoms with Crippen molar-refractivity contribution in [1.82, 2.24) is 0 Å². The molecule has 0 saturated carbocycles. The van der Waals surface area contributed by atoms with E-state index in [4.69, 9.17) is 0 Å². The summed E-state index contributed by atoms with van der Waals surface area (Å²) in [6, 6.07) is 0. The first-order chi connectivity index (χ1) is 5.93. The number of unbranched alkanes of at least 4 members (excludes halogenated alkanes) is 1. The lowest BCUT2D eigenvalue weighted by atomic mass is 9.70. The van der Waals surface area contributed by atoms with Crippen LogP contribution in [0.2, 0.25) is 0 Å². The molecule has 0 amide bonds. The standard InChI is InChI=1S/C13H28/c1-7-9-10-12(11(3)8-2)13(4,5)6/h11-12H,7-10H2,1-6H3. The summed E-state index contributed by atoms with van der Waals surface area (Å²) < 4.78 is 0. The first-order valence-corrected chi connectivity index (χ1v) is 5.93. The molecule has 0 saturated heterocycles. The van der Waals surface area contributed by atoms with Crippen molar-refractivity contribution in [2.75, 3.05) is 0 Å². The largest absolute Gasteiger partial charge is 0.0654 e. The van der Waals surface area contributed by atoms with E-state index in [1.807, 2.05) is 0 Å². The van der Waals surface area contributed by atoms with Crippen molar-refractivity contribution in [3.05, 3.63) is 0 Å². The van der Waals surface area contributed by atoms with Gasteiger partial charge in [0.25, 0.3) is 0 Å². The molecule has 0 heterocycles. The maximum absolute atomic E-state index is 2.41. The summed E-state index contributed by atoms with van der Waals surface area (Å²) in [5.74, 6) is 1.78. The molecular formula is C13H28. The summed E-state index contributed by atoms with van der Waals surface area (Å²) in [5, 5.41) is 0. The molecule has 0 rings (SSSR count). The molecule has 0 fully saturated rings. The van der Waals surface area contributed by atoms with Gasteiger partial charge in [-0.15, -0.1) is 0 Å². The zero-order valence-electron chi connectivity index (χ0n) is 10.5. The van der Waals surface area contributed by atoms with Crippen molar-refractivity contribution in [1.29, 1.82) is 0 Å². The summed E-state index contributed by atoms with van der Waals surface area (Å²) in [4.78, 5) is 0. The lowest BCUT2D eigenvalue weighted by Crippen LogP contribution is -2.26. The van der Waals surface area contributed by atoms with Crippen LogP contribution in [0.15, 0.2) is 0 Å². The van der Waals surface area contributed by atoms with Crippen LogP contribution in [0.1, 0.15) is 67.2 Å². The summed E-state index contributed by atoms with van der Waals surface area (Å²) in [5.41, 5.74) is 0.491. The molecule has 13 heavy (non-hydrogen) atoms. The minimum absolute atomic E-state index is 0.491.